The first kappa shape index (κ1) is 17.9. The molecule has 1 atom stereocenters. The molecule has 1 aliphatic heterocycles. The second-order valence-electron chi connectivity index (χ2n) is 6.30. The number of β-amino-alcohol motifs (C(OH)–C–C–N with tert-alkyl or cyclic N) is 1. The molecule has 2 rings (SSSR count). The van der Waals surface area contributed by atoms with Gasteiger partial charge in [-0.25, -0.2) is 4.98 Å². The number of nitrogens with zero attached hydrogens (tertiary/aromatic N) is 2. The predicted molar refractivity (Wildman–Crippen MR) is 86.9 cm³/mol. The first-order valence-corrected chi connectivity index (χ1v) is 8.30. The molecule has 1 amide bonds. The van der Waals surface area contributed by atoms with Crippen LogP contribution in [0.15, 0.2) is 6.20 Å². The van der Waals surface area contributed by atoms with Crippen LogP contribution in [0.1, 0.15) is 37.7 Å². The molecule has 0 spiro atoms. The van der Waals surface area contributed by atoms with E-state index in [4.69, 9.17) is 4.74 Å². The van der Waals surface area contributed by atoms with Crippen molar-refractivity contribution < 1.29 is 14.6 Å². The fourth-order valence-corrected chi connectivity index (χ4v) is 2.82. The fraction of sp³-hybridized carbons (Fsp3) is 0.750. The van der Waals surface area contributed by atoms with Crippen LogP contribution in [0.5, 0.6) is 0 Å². The van der Waals surface area contributed by atoms with E-state index in [0.717, 1.165) is 37.3 Å². The maximum Gasteiger partial charge on any atom is 0.222 e. The van der Waals surface area contributed by atoms with Gasteiger partial charge in [-0.1, -0.05) is 13.3 Å². The minimum absolute atomic E-state index is 0.0464. The van der Waals surface area contributed by atoms with Crippen LogP contribution < -0.4 is 5.32 Å². The molecule has 0 saturated carbocycles. The van der Waals surface area contributed by atoms with Crippen molar-refractivity contribution in [1.29, 1.82) is 0 Å². The highest BCUT2D eigenvalue weighted by Crippen LogP contribution is 2.18. The highest BCUT2D eigenvalue weighted by atomic mass is 16.5. The highest BCUT2D eigenvalue weighted by molar-refractivity contribution is 5.76. The van der Waals surface area contributed by atoms with E-state index in [0.29, 0.717) is 19.7 Å². The summed E-state index contributed by atoms with van der Waals surface area (Å²) in [5.41, 5.74) is -0.123. The van der Waals surface area contributed by atoms with Gasteiger partial charge >= 0.3 is 0 Å². The second kappa shape index (κ2) is 8.42. The number of carbonyl (C=O) groups excluding carboxylic acids is 1. The smallest absolute Gasteiger partial charge is 0.222 e. The Kier molecular flexibility index (Phi) is 6.56. The Labute approximate surface area is 137 Å². The minimum atomic E-state index is -1.15. The number of hydrogen-bond donors (Lipinski definition) is 3. The molecule has 0 aromatic carbocycles. The number of nitrogens with one attached hydrogen (secondary N) is 2. The van der Waals surface area contributed by atoms with Crippen LogP contribution >= 0.6 is 0 Å². The first-order chi connectivity index (χ1) is 11.0. The molecule has 1 fully saturated rings. The molecule has 0 bridgehead atoms. The molecule has 1 aliphatic rings. The maximum atomic E-state index is 11.6. The SMILES string of the molecule is CCCCc1ncc(CN2CCOC[C@](O)(CC(=O)NC)C2)[nH]1. The van der Waals surface area contributed by atoms with E-state index < -0.39 is 5.60 Å². The van der Waals surface area contributed by atoms with Crippen molar-refractivity contribution in [2.45, 2.75) is 44.8 Å². The Bertz CT molecular complexity index is 505. The Balaban J connectivity index is 1.95. The molecule has 0 aliphatic carbocycles. The van der Waals surface area contributed by atoms with Crippen LogP contribution in [0.3, 0.4) is 0 Å². The maximum absolute atomic E-state index is 11.6. The number of aliphatic hydroxyl groups is 1. The van der Waals surface area contributed by atoms with E-state index in [9.17, 15) is 9.90 Å². The summed E-state index contributed by atoms with van der Waals surface area (Å²) >= 11 is 0. The van der Waals surface area contributed by atoms with E-state index in [1.54, 1.807) is 7.05 Å². The number of imidazole rings is 1. The van der Waals surface area contributed by atoms with Gasteiger partial charge in [0.15, 0.2) is 0 Å². The topological polar surface area (TPSA) is 90.5 Å². The number of ether oxygens (including phenoxy) is 1. The number of aromatic amines is 1. The zero-order chi connectivity index (χ0) is 16.7. The number of hydrogen-bond acceptors (Lipinski definition) is 5. The van der Waals surface area contributed by atoms with Gasteiger partial charge in [-0.05, 0) is 6.42 Å². The molecule has 7 heteroatoms. The predicted octanol–water partition coefficient (Wildman–Crippen LogP) is 0.452. The normalized spacial score (nSPS) is 22.7. The molecular weight excluding hydrogens is 296 g/mol. The van der Waals surface area contributed by atoms with Crippen molar-refractivity contribution in [3.8, 4) is 0 Å². The van der Waals surface area contributed by atoms with E-state index in [2.05, 4.69) is 27.1 Å². The Morgan fingerprint density at radius 2 is 2.43 bits per heavy atom. The molecule has 2 heterocycles. The molecule has 1 saturated heterocycles. The molecule has 0 radical (unpaired) electrons. The number of aryl methyl sites for hydroxylation is 1. The number of unbranched alkanes of at least 4 members (excludes halogenated alkanes) is 1. The van der Waals surface area contributed by atoms with Gasteiger partial charge in [0.1, 0.15) is 11.4 Å². The second-order valence-corrected chi connectivity index (χ2v) is 6.30. The summed E-state index contributed by atoms with van der Waals surface area (Å²) in [6, 6.07) is 0. The monoisotopic (exact) mass is 324 g/mol. The fourth-order valence-electron chi connectivity index (χ4n) is 2.82. The molecule has 23 heavy (non-hydrogen) atoms. The van der Waals surface area contributed by atoms with Crippen molar-refractivity contribution in [3.05, 3.63) is 17.7 Å². The number of amides is 1. The average Bonchev–Trinajstić information content (AvgIpc) is 2.88. The summed E-state index contributed by atoms with van der Waals surface area (Å²) in [4.78, 5) is 21.5. The quantitative estimate of drug-likeness (QED) is 0.677. The lowest BCUT2D eigenvalue weighted by Crippen LogP contribution is -2.47. The minimum Gasteiger partial charge on any atom is -0.386 e. The van der Waals surface area contributed by atoms with Crippen LogP contribution in [-0.4, -0.2) is 64.8 Å². The van der Waals surface area contributed by atoms with E-state index in [1.807, 2.05) is 6.20 Å². The number of H-pyrrole nitrogens is 1. The third-order valence-electron chi connectivity index (χ3n) is 4.05. The molecule has 130 valence electrons. The van der Waals surface area contributed by atoms with E-state index in [-0.39, 0.29) is 18.9 Å². The summed E-state index contributed by atoms with van der Waals surface area (Å²) < 4.78 is 5.48. The summed E-state index contributed by atoms with van der Waals surface area (Å²) in [6.07, 6.45) is 5.13. The number of rotatable bonds is 7. The lowest BCUT2D eigenvalue weighted by Gasteiger charge is -2.29. The molecule has 0 unspecified atom stereocenters. The van der Waals surface area contributed by atoms with Gasteiger partial charge in [0.2, 0.25) is 5.91 Å². The van der Waals surface area contributed by atoms with Crippen molar-refractivity contribution in [1.82, 2.24) is 20.2 Å². The van der Waals surface area contributed by atoms with Crippen LogP contribution in [0.2, 0.25) is 0 Å². The molecule has 7 nitrogen and oxygen atoms in total. The Hall–Kier alpha value is -1.44. The van der Waals surface area contributed by atoms with Crippen LogP contribution in [0.25, 0.3) is 0 Å². The van der Waals surface area contributed by atoms with Gasteiger partial charge in [-0.2, -0.15) is 0 Å². The molecule has 1 aromatic heterocycles. The largest absolute Gasteiger partial charge is 0.386 e. The number of carbonyl (C=O) groups is 1. The van der Waals surface area contributed by atoms with Crippen LogP contribution in [-0.2, 0) is 22.5 Å². The Morgan fingerprint density at radius 1 is 1.61 bits per heavy atom. The van der Waals surface area contributed by atoms with Crippen molar-refractivity contribution in [2.24, 2.45) is 0 Å². The third-order valence-corrected chi connectivity index (χ3v) is 4.05. The summed E-state index contributed by atoms with van der Waals surface area (Å²) in [7, 11) is 1.57. The van der Waals surface area contributed by atoms with Crippen LogP contribution in [0.4, 0.5) is 0 Å². The third kappa shape index (κ3) is 5.60. The number of aromatic nitrogens is 2. The zero-order valence-corrected chi connectivity index (χ0v) is 14.1. The lowest BCUT2D eigenvalue weighted by atomic mass is 9.99. The first-order valence-electron chi connectivity index (χ1n) is 8.30. The van der Waals surface area contributed by atoms with Crippen molar-refractivity contribution >= 4 is 5.91 Å². The van der Waals surface area contributed by atoms with Crippen molar-refractivity contribution in [2.75, 3.05) is 33.4 Å². The molecular formula is C16H28N4O3. The van der Waals surface area contributed by atoms with Gasteiger partial charge in [0.25, 0.3) is 0 Å². The van der Waals surface area contributed by atoms with Gasteiger partial charge in [0.05, 0.1) is 19.6 Å². The van der Waals surface area contributed by atoms with E-state index >= 15 is 0 Å². The van der Waals surface area contributed by atoms with Crippen LogP contribution in [0, 0.1) is 0 Å². The highest BCUT2D eigenvalue weighted by Gasteiger charge is 2.34. The van der Waals surface area contributed by atoms with Gasteiger partial charge in [-0.15, -0.1) is 0 Å². The summed E-state index contributed by atoms with van der Waals surface area (Å²) in [5, 5.41) is 13.2. The zero-order valence-electron chi connectivity index (χ0n) is 14.1. The average molecular weight is 324 g/mol. The molecule has 1 aromatic rings. The lowest BCUT2D eigenvalue weighted by molar-refractivity contribution is -0.128. The standard InChI is InChI=1S/C16H28N4O3/c1-3-4-5-14-18-9-13(19-14)10-20-6-7-23-12-16(22,11-20)8-15(21)17-2/h9,22H,3-8,10-12H2,1-2H3,(H,17,21)(H,18,19)/t16-/m0/s1. The van der Waals surface area contributed by atoms with Gasteiger partial charge in [0, 0.05) is 45.0 Å². The van der Waals surface area contributed by atoms with Gasteiger partial charge in [-0.3, -0.25) is 9.69 Å². The van der Waals surface area contributed by atoms with Gasteiger partial charge < -0.3 is 20.1 Å². The Morgan fingerprint density at radius 3 is 3.17 bits per heavy atom. The van der Waals surface area contributed by atoms with E-state index in [1.165, 1.54) is 0 Å². The summed E-state index contributed by atoms with van der Waals surface area (Å²) in [6.45, 7) is 4.69. The summed E-state index contributed by atoms with van der Waals surface area (Å²) in [5.74, 6) is 0.829. The van der Waals surface area contributed by atoms with Crippen molar-refractivity contribution in [3.63, 3.8) is 0 Å². The molecule has 3 N–H and O–H groups in total.